The quantitative estimate of drug-likeness (QED) is 0.741. The van der Waals surface area contributed by atoms with E-state index in [9.17, 15) is 0 Å². The van der Waals surface area contributed by atoms with Crippen molar-refractivity contribution in [1.29, 1.82) is 0 Å². The van der Waals surface area contributed by atoms with Gasteiger partial charge in [0.1, 0.15) is 11.6 Å². The Morgan fingerprint density at radius 1 is 1.32 bits per heavy atom. The lowest BCUT2D eigenvalue weighted by atomic mass is 10.2. The third-order valence-corrected chi connectivity index (χ3v) is 3.44. The van der Waals surface area contributed by atoms with Gasteiger partial charge in [0.15, 0.2) is 0 Å². The Hall–Kier alpha value is -1.40. The normalized spacial score (nSPS) is 16.0. The second-order valence-electron chi connectivity index (χ2n) is 6.08. The first-order chi connectivity index (χ1) is 10.6. The molecule has 2 heterocycles. The van der Waals surface area contributed by atoms with Gasteiger partial charge in [0.2, 0.25) is 5.88 Å². The van der Waals surface area contributed by atoms with Gasteiger partial charge in [-0.15, -0.1) is 0 Å². The first kappa shape index (κ1) is 17.0. The van der Waals surface area contributed by atoms with E-state index in [2.05, 4.69) is 34.0 Å². The minimum atomic E-state index is 0.486. The number of ether oxygens (including phenoxy) is 2. The van der Waals surface area contributed by atoms with Gasteiger partial charge in [0.05, 0.1) is 19.8 Å². The lowest BCUT2D eigenvalue weighted by molar-refractivity contribution is 0.0378. The molecular formula is C16H28N4O2. The molecule has 6 nitrogen and oxygen atoms in total. The van der Waals surface area contributed by atoms with Gasteiger partial charge in [-0.2, -0.15) is 4.98 Å². The fourth-order valence-corrected chi connectivity index (χ4v) is 2.30. The van der Waals surface area contributed by atoms with Gasteiger partial charge in [-0.25, -0.2) is 4.98 Å². The standard InChI is InChI=1S/C16H28N4O2/c1-13(2)12-22-16-11-15(18-14(3)19-16)17-5-4-6-20-7-9-21-10-8-20/h11,13H,4-10,12H2,1-3H3,(H,17,18,19). The van der Waals surface area contributed by atoms with Gasteiger partial charge < -0.3 is 14.8 Å². The van der Waals surface area contributed by atoms with Gasteiger partial charge in [-0.3, -0.25) is 4.90 Å². The number of aromatic nitrogens is 2. The van der Waals surface area contributed by atoms with Gasteiger partial charge >= 0.3 is 0 Å². The highest BCUT2D eigenvalue weighted by Crippen LogP contribution is 2.14. The molecule has 2 rings (SSSR count). The number of hydrogen-bond acceptors (Lipinski definition) is 6. The SMILES string of the molecule is Cc1nc(NCCCN2CCOCC2)cc(OCC(C)C)n1. The highest BCUT2D eigenvalue weighted by molar-refractivity contribution is 5.38. The van der Waals surface area contributed by atoms with Crippen LogP contribution in [0.15, 0.2) is 6.07 Å². The van der Waals surface area contributed by atoms with Crippen molar-refractivity contribution in [2.24, 2.45) is 5.92 Å². The molecular weight excluding hydrogens is 280 g/mol. The molecule has 0 unspecified atom stereocenters. The molecule has 1 aliphatic heterocycles. The lowest BCUT2D eigenvalue weighted by Gasteiger charge is -2.26. The minimum Gasteiger partial charge on any atom is -0.477 e. The lowest BCUT2D eigenvalue weighted by Crippen LogP contribution is -2.37. The summed E-state index contributed by atoms with van der Waals surface area (Å²) in [4.78, 5) is 11.2. The molecule has 0 saturated carbocycles. The van der Waals surface area contributed by atoms with E-state index >= 15 is 0 Å². The average molecular weight is 308 g/mol. The Balaban J connectivity index is 1.74. The number of anilines is 1. The number of hydrogen-bond donors (Lipinski definition) is 1. The maximum Gasteiger partial charge on any atom is 0.218 e. The Labute approximate surface area is 133 Å². The van der Waals surface area contributed by atoms with Crippen LogP contribution in [-0.2, 0) is 4.74 Å². The zero-order valence-electron chi connectivity index (χ0n) is 14.0. The third kappa shape index (κ3) is 6.15. The van der Waals surface area contributed by atoms with Gasteiger partial charge in [-0.1, -0.05) is 13.8 Å². The maximum atomic E-state index is 5.68. The molecule has 0 radical (unpaired) electrons. The van der Waals surface area contributed by atoms with Crippen LogP contribution in [-0.4, -0.2) is 60.9 Å². The van der Waals surface area contributed by atoms with E-state index in [1.54, 1.807) is 0 Å². The van der Waals surface area contributed by atoms with E-state index < -0.39 is 0 Å². The van der Waals surface area contributed by atoms with Crippen LogP contribution < -0.4 is 10.1 Å². The van der Waals surface area contributed by atoms with E-state index in [0.29, 0.717) is 18.4 Å². The molecule has 0 bridgehead atoms. The number of nitrogens with zero attached hydrogens (tertiary/aromatic N) is 3. The van der Waals surface area contributed by atoms with Crippen LogP contribution in [0.5, 0.6) is 5.88 Å². The molecule has 1 aliphatic rings. The predicted molar refractivity (Wildman–Crippen MR) is 87.5 cm³/mol. The Kier molecular flexibility index (Phi) is 6.86. The summed E-state index contributed by atoms with van der Waals surface area (Å²) in [7, 11) is 0. The second-order valence-corrected chi connectivity index (χ2v) is 6.08. The van der Waals surface area contributed by atoms with Crippen LogP contribution in [0, 0.1) is 12.8 Å². The van der Waals surface area contributed by atoms with E-state index in [-0.39, 0.29) is 0 Å². The van der Waals surface area contributed by atoms with Crippen molar-refractivity contribution in [3.8, 4) is 5.88 Å². The van der Waals surface area contributed by atoms with Crippen LogP contribution in [0.4, 0.5) is 5.82 Å². The molecule has 124 valence electrons. The fraction of sp³-hybridized carbons (Fsp3) is 0.750. The smallest absolute Gasteiger partial charge is 0.218 e. The third-order valence-electron chi connectivity index (χ3n) is 3.44. The van der Waals surface area contributed by atoms with Crippen LogP contribution in [0.2, 0.25) is 0 Å². The number of morpholine rings is 1. The topological polar surface area (TPSA) is 59.5 Å². The van der Waals surface area contributed by atoms with Crippen molar-refractivity contribution >= 4 is 5.82 Å². The van der Waals surface area contributed by atoms with E-state index in [0.717, 1.165) is 57.5 Å². The van der Waals surface area contributed by atoms with Crippen molar-refractivity contribution < 1.29 is 9.47 Å². The highest BCUT2D eigenvalue weighted by Gasteiger charge is 2.09. The van der Waals surface area contributed by atoms with E-state index in [4.69, 9.17) is 9.47 Å². The summed E-state index contributed by atoms with van der Waals surface area (Å²) >= 11 is 0. The van der Waals surface area contributed by atoms with Crippen molar-refractivity contribution in [3.63, 3.8) is 0 Å². The molecule has 1 fully saturated rings. The summed E-state index contributed by atoms with van der Waals surface area (Å²) in [5, 5.41) is 3.36. The molecule has 0 aromatic carbocycles. The molecule has 0 amide bonds. The fourth-order valence-electron chi connectivity index (χ4n) is 2.30. The van der Waals surface area contributed by atoms with E-state index in [1.807, 2.05) is 13.0 Å². The van der Waals surface area contributed by atoms with Gasteiger partial charge in [0.25, 0.3) is 0 Å². The Bertz CT molecular complexity index is 448. The van der Waals surface area contributed by atoms with Crippen LogP contribution in [0.1, 0.15) is 26.1 Å². The summed E-state index contributed by atoms with van der Waals surface area (Å²) in [6.07, 6.45) is 1.09. The average Bonchev–Trinajstić information content (AvgIpc) is 2.50. The summed E-state index contributed by atoms with van der Waals surface area (Å²) < 4.78 is 11.0. The Morgan fingerprint density at radius 2 is 2.09 bits per heavy atom. The van der Waals surface area contributed by atoms with Crippen LogP contribution in [0.25, 0.3) is 0 Å². The zero-order chi connectivity index (χ0) is 15.8. The summed E-state index contributed by atoms with van der Waals surface area (Å²) in [6, 6.07) is 1.88. The van der Waals surface area contributed by atoms with Crippen molar-refractivity contribution in [1.82, 2.24) is 14.9 Å². The molecule has 1 N–H and O–H groups in total. The molecule has 6 heteroatoms. The zero-order valence-corrected chi connectivity index (χ0v) is 14.0. The molecule has 0 atom stereocenters. The van der Waals surface area contributed by atoms with Crippen LogP contribution in [0.3, 0.4) is 0 Å². The largest absolute Gasteiger partial charge is 0.477 e. The number of nitrogens with one attached hydrogen (secondary N) is 1. The first-order valence-electron chi connectivity index (χ1n) is 8.16. The predicted octanol–water partition coefficient (Wildman–Crippen LogP) is 1.95. The van der Waals surface area contributed by atoms with Crippen molar-refractivity contribution in [2.45, 2.75) is 27.2 Å². The summed E-state index contributed by atoms with van der Waals surface area (Å²) in [5.74, 6) is 2.71. The molecule has 22 heavy (non-hydrogen) atoms. The highest BCUT2D eigenvalue weighted by atomic mass is 16.5. The van der Waals surface area contributed by atoms with E-state index in [1.165, 1.54) is 0 Å². The Morgan fingerprint density at radius 3 is 2.82 bits per heavy atom. The molecule has 1 saturated heterocycles. The molecule has 0 aliphatic carbocycles. The first-order valence-corrected chi connectivity index (χ1v) is 8.16. The summed E-state index contributed by atoms with van der Waals surface area (Å²) in [5.41, 5.74) is 0. The van der Waals surface area contributed by atoms with Crippen molar-refractivity contribution in [2.75, 3.05) is 51.3 Å². The second kappa shape index (κ2) is 8.90. The monoisotopic (exact) mass is 308 g/mol. The number of rotatable bonds is 8. The molecule has 1 aromatic heterocycles. The van der Waals surface area contributed by atoms with Crippen LogP contribution >= 0.6 is 0 Å². The minimum absolute atomic E-state index is 0.486. The molecule has 1 aromatic rings. The van der Waals surface area contributed by atoms with Crippen molar-refractivity contribution in [3.05, 3.63) is 11.9 Å². The van der Waals surface area contributed by atoms with Gasteiger partial charge in [0, 0.05) is 25.7 Å². The van der Waals surface area contributed by atoms with Gasteiger partial charge in [-0.05, 0) is 25.8 Å². The molecule has 0 spiro atoms. The summed E-state index contributed by atoms with van der Waals surface area (Å²) in [6.45, 7) is 12.6. The number of aryl methyl sites for hydroxylation is 1. The maximum absolute atomic E-state index is 5.68.